The Morgan fingerprint density at radius 1 is 0.600 bits per heavy atom. The minimum Gasteiger partial charge on any atom is -0.480 e. The maximum atomic E-state index is 12.6. The molecular formula is C39H69NO5. The molecule has 0 saturated carbocycles. The van der Waals surface area contributed by atoms with Crippen LogP contribution in [0.3, 0.4) is 0 Å². The summed E-state index contributed by atoms with van der Waals surface area (Å²) in [5.41, 5.74) is 0. The maximum absolute atomic E-state index is 12.6. The summed E-state index contributed by atoms with van der Waals surface area (Å²) in [6.45, 7) is 4.14. The second kappa shape index (κ2) is 34.5. The van der Waals surface area contributed by atoms with Crippen LogP contribution in [0.1, 0.15) is 181 Å². The first-order chi connectivity index (χ1) is 22.0. The van der Waals surface area contributed by atoms with Gasteiger partial charge in [0, 0.05) is 12.8 Å². The number of ether oxygens (including phenoxy) is 1. The van der Waals surface area contributed by atoms with Crippen LogP contribution in [0.2, 0.25) is 0 Å². The lowest BCUT2D eigenvalue weighted by Gasteiger charge is -2.15. The molecule has 6 heteroatoms. The lowest BCUT2D eigenvalue weighted by Crippen LogP contribution is -2.28. The summed E-state index contributed by atoms with van der Waals surface area (Å²) in [6.07, 6.45) is 41.3. The number of amides is 1. The monoisotopic (exact) mass is 632 g/mol. The van der Waals surface area contributed by atoms with E-state index >= 15 is 0 Å². The van der Waals surface area contributed by atoms with Crippen LogP contribution in [0.25, 0.3) is 0 Å². The van der Waals surface area contributed by atoms with E-state index in [1.807, 2.05) is 0 Å². The summed E-state index contributed by atoms with van der Waals surface area (Å²) in [4.78, 5) is 34.7. The van der Waals surface area contributed by atoms with Gasteiger partial charge in [0.05, 0.1) is 0 Å². The summed E-state index contributed by atoms with van der Waals surface area (Å²) < 4.78 is 5.91. The third kappa shape index (κ3) is 34.3. The van der Waals surface area contributed by atoms with E-state index in [0.717, 1.165) is 77.0 Å². The largest absolute Gasteiger partial charge is 0.480 e. The highest BCUT2D eigenvalue weighted by Crippen LogP contribution is 2.16. The minimum atomic E-state index is -1.02. The Bertz CT molecular complexity index is 788. The van der Waals surface area contributed by atoms with E-state index in [1.54, 1.807) is 0 Å². The predicted octanol–water partition coefficient (Wildman–Crippen LogP) is 10.9. The number of hydrogen-bond acceptors (Lipinski definition) is 4. The predicted molar refractivity (Wildman–Crippen MR) is 189 cm³/mol. The van der Waals surface area contributed by atoms with Gasteiger partial charge in [0.1, 0.15) is 12.6 Å². The maximum Gasteiger partial charge on any atom is 0.322 e. The molecule has 0 spiro atoms. The van der Waals surface area contributed by atoms with Gasteiger partial charge in [-0.3, -0.25) is 14.4 Å². The van der Waals surface area contributed by atoms with Crippen LogP contribution >= 0.6 is 0 Å². The van der Waals surface area contributed by atoms with Crippen LogP contribution < -0.4 is 5.32 Å². The van der Waals surface area contributed by atoms with E-state index in [0.29, 0.717) is 12.8 Å². The summed E-state index contributed by atoms with van der Waals surface area (Å²) in [5, 5.41) is 11.0. The average molecular weight is 632 g/mol. The SMILES string of the molecule is CCC/C=C\C/C=C\CCCCCCCC(=O)OC(/C=C\CCCCCCCCC)CCCCCCCCC(=O)NCC(=O)O. The zero-order valence-corrected chi connectivity index (χ0v) is 29.2. The molecule has 260 valence electrons. The van der Waals surface area contributed by atoms with Gasteiger partial charge in [0.25, 0.3) is 0 Å². The normalized spacial score (nSPS) is 12.4. The van der Waals surface area contributed by atoms with Crippen molar-refractivity contribution in [3.8, 4) is 0 Å². The molecule has 0 radical (unpaired) electrons. The minimum absolute atomic E-state index is 0.0687. The molecule has 0 fully saturated rings. The van der Waals surface area contributed by atoms with Crippen molar-refractivity contribution >= 4 is 17.8 Å². The zero-order chi connectivity index (χ0) is 33.1. The van der Waals surface area contributed by atoms with Crippen LogP contribution in [0.4, 0.5) is 0 Å². The number of nitrogens with one attached hydrogen (secondary N) is 1. The lowest BCUT2D eigenvalue weighted by atomic mass is 10.0. The van der Waals surface area contributed by atoms with Gasteiger partial charge in [-0.2, -0.15) is 0 Å². The number of allylic oxidation sites excluding steroid dienone is 5. The summed E-state index contributed by atoms with van der Waals surface area (Å²) in [6, 6.07) is 0. The highest BCUT2D eigenvalue weighted by Gasteiger charge is 2.11. The van der Waals surface area contributed by atoms with Crippen molar-refractivity contribution in [2.24, 2.45) is 0 Å². The van der Waals surface area contributed by atoms with Gasteiger partial charge in [0.15, 0.2) is 0 Å². The van der Waals surface area contributed by atoms with Crippen molar-refractivity contribution in [3.05, 3.63) is 36.5 Å². The number of esters is 1. The van der Waals surface area contributed by atoms with Gasteiger partial charge in [0.2, 0.25) is 5.91 Å². The van der Waals surface area contributed by atoms with Crippen LogP contribution in [0.15, 0.2) is 36.5 Å². The van der Waals surface area contributed by atoms with E-state index in [2.05, 4.69) is 55.6 Å². The standard InChI is InChI=1S/C39H69NO5/c1-3-5-7-9-11-13-14-15-16-18-20-26-30-34-39(44)45-36(31-27-23-19-17-12-10-8-6-4-2)32-28-24-21-22-25-29-33-37(41)40-35-38(42)43/h7,9,13-14,27,31,36H,3-6,8,10-12,15-26,28-30,32-35H2,1-2H3,(H,40,41)(H,42,43)/b9-7-,14-13-,31-27-. The number of hydrogen-bond donors (Lipinski definition) is 2. The Balaban J connectivity index is 4.23. The van der Waals surface area contributed by atoms with E-state index in [9.17, 15) is 14.4 Å². The Labute approximate surface area is 276 Å². The Kier molecular flexibility index (Phi) is 32.7. The van der Waals surface area contributed by atoms with Crippen LogP contribution in [-0.4, -0.2) is 35.6 Å². The third-order valence-electron chi connectivity index (χ3n) is 8.00. The molecule has 0 saturated heterocycles. The second-order valence-electron chi connectivity index (χ2n) is 12.5. The highest BCUT2D eigenvalue weighted by atomic mass is 16.5. The molecule has 1 amide bonds. The molecular weight excluding hydrogens is 562 g/mol. The van der Waals surface area contributed by atoms with Crippen LogP contribution in [-0.2, 0) is 19.1 Å². The Morgan fingerprint density at radius 3 is 1.76 bits per heavy atom. The molecule has 0 bridgehead atoms. The summed E-state index contributed by atoms with van der Waals surface area (Å²) in [5.74, 6) is -1.28. The average Bonchev–Trinajstić information content (AvgIpc) is 3.02. The fourth-order valence-electron chi connectivity index (χ4n) is 5.23. The molecule has 1 unspecified atom stereocenters. The number of rotatable bonds is 33. The fourth-order valence-corrected chi connectivity index (χ4v) is 5.23. The second-order valence-corrected chi connectivity index (χ2v) is 12.5. The van der Waals surface area contributed by atoms with Crippen molar-refractivity contribution < 1.29 is 24.2 Å². The Morgan fingerprint density at radius 2 is 1.13 bits per heavy atom. The van der Waals surface area contributed by atoms with Gasteiger partial charge >= 0.3 is 11.9 Å². The van der Waals surface area contributed by atoms with Crippen LogP contribution in [0, 0.1) is 0 Å². The van der Waals surface area contributed by atoms with Crippen molar-refractivity contribution in [1.82, 2.24) is 5.32 Å². The van der Waals surface area contributed by atoms with Crippen LogP contribution in [0.5, 0.6) is 0 Å². The van der Waals surface area contributed by atoms with Crippen molar-refractivity contribution in [2.45, 2.75) is 187 Å². The topological polar surface area (TPSA) is 92.7 Å². The number of aliphatic carboxylic acids is 1. The van der Waals surface area contributed by atoms with E-state index < -0.39 is 5.97 Å². The summed E-state index contributed by atoms with van der Waals surface area (Å²) >= 11 is 0. The first kappa shape index (κ1) is 42.6. The molecule has 0 aromatic rings. The fraction of sp³-hybridized carbons (Fsp3) is 0.769. The first-order valence-corrected chi connectivity index (χ1v) is 18.6. The van der Waals surface area contributed by atoms with Gasteiger partial charge in [-0.15, -0.1) is 0 Å². The highest BCUT2D eigenvalue weighted by molar-refractivity contribution is 5.80. The number of carboxylic acids is 1. The van der Waals surface area contributed by atoms with Gasteiger partial charge in [-0.05, 0) is 70.3 Å². The van der Waals surface area contributed by atoms with Gasteiger partial charge in [-0.1, -0.05) is 134 Å². The molecule has 0 aliphatic heterocycles. The smallest absolute Gasteiger partial charge is 0.322 e. The van der Waals surface area contributed by atoms with Gasteiger partial charge < -0.3 is 15.2 Å². The van der Waals surface area contributed by atoms with E-state index in [1.165, 1.54) is 77.0 Å². The molecule has 0 aromatic heterocycles. The molecule has 0 aliphatic carbocycles. The first-order valence-electron chi connectivity index (χ1n) is 18.6. The molecule has 45 heavy (non-hydrogen) atoms. The third-order valence-corrected chi connectivity index (χ3v) is 8.00. The van der Waals surface area contributed by atoms with Crippen molar-refractivity contribution in [2.75, 3.05) is 6.54 Å². The van der Waals surface area contributed by atoms with Crippen molar-refractivity contribution in [3.63, 3.8) is 0 Å². The zero-order valence-electron chi connectivity index (χ0n) is 29.2. The number of carbonyl (C=O) groups is 3. The number of carboxylic acid groups (broad SMARTS) is 1. The molecule has 0 aromatic carbocycles. The molecule has 0 heterocycles. The molecule has 0 aliphatic rings. The molecule has 2 N–H and O–H groups in total. The molecule has 6 nitrogen and oxygen atoms in total. The van der Waals surface area contributed by atoms with Gasteiger partial charge in [-0.25, -0.2) is 0 Å². The molecule has 1 atom stereocenters. The van der Waals surface area contributed by atoms with E-state index in [4.69, 9.17) is 9.84 Å². The number of carbonyl (C=O) groups excluding carboxylic acids is 2. The lowest BCUT2D eigenvalue weighted by molar-refractivity contribution is -0.147. The Hall–Kier alpha value is -2.37. The van der Waals surface area contributed by atoms with Crippen molar-refractivity contribution in [1.29, 1.82) is 0 Å². The summed E-state index contributed by atoms with van der Waals surface area (Å²) in [7, 11) is 0. The molecule has 0 rings (SSSR count). The quantitative estimate of drug-likeness (QED) is 0.0427. The van der Waals surface area contributed by atoms with E-state index in [-0.39, 0.29) is 24.5 Å². The number of unbranched alkanes of at least 4 members (excludes halogenated alkanes) is 18.